The van der Waals surface area contributed by atoms with Crippen LogP contribution in [0.1, 0.15) is 60.5 Å². The number of nitrogens with one attached hydrogen (secondary N) is 1. The van der Waals surface area contributed by atoms with E-state index >= 15 is 0 Å². The number of nitrogens with two attached hydrogens (primary N) is 1. The highest BCUT2D eigenvalue weighted by Crippen LogP contribution is 2.29. The maximum absolute atomic E-state index is 13.8. The van der Waals surface area contributed by atoms with E-state index in [1.54, 1.807) is 11.8 Å². The fraction of sp³-hybridized carbons (Fsp3) is 0.524. The van der Waals surface area contributed by atoms with Gasteiger partial charge in [0.2, 0.25) is 5.91 Å². The van der Waals surface area contributed by atoms with E-state index in [1.807, 2.05) is 18.2 Å². The molecule has 0 spiro atoms. The van der Waals surface area contributed by atoms with E-state index < -0.39 is 11.7 Å². The summed E-state index contributed by atoms with van der Waals surface area (Å²) in [7, 11) is 0. The molecule has 3 N–H and O–H groups in total. The van der Waals surface area contributed by atoms with Crippen LogP contribution in [0.25, 0.3) is 0 Å². The molecule has 2 amide bonds. The molecule has 1 fully saturated rings. The van der Waals surface area contributed by atoms with Gasteiger partial charge in [-0.05, 0) is 62.6 Å². The molecule has 146 valence electrons. The molecule has 1 aromatic carbocycles. The number of alkyl halides is 1. The number of rotatable bonds is 7. The van der Waals surface area contributed by atoms with Gasteiger partial charge in [0.25, 0.3) is 5.91 Å². The molecule has 0 bridgehead atoms. The molecule has 0 aromatic heterocycles. The molecular formula is C21H28FN3O2. The molecule has 1 saturated heterocycles. The predicted molar refractivity (Wildman–Crippen MR) is 103 cm³/mol. The first-order chi connectivity index (χ1) is 12.8. The molecule has 2 heterocycles. The number of fused-ring (bicyclic) bond motifs is 1. The second-order valence-electron chi connectivity index (χ2n) is 7.90. The molecular weight excluding hydrogens is 345 g/mol. The number of aryl methyl sites for hydroxylation is 1. The van der Waals surface area contributed by atoms with Crippen LogP contribution >= 0.6 is 0 Å². The number of nitrogens with zero attached hydrogens (tertiary/aromatic N) is 1. The maximum Gasteiger partial charge on any atom is 0.255 e. The predicted octanol–water partition coefficient (Wildman–Crippen LogP) is 2.83. The average molecular weight is 373 g/mol. The van der Waals surface area contributed by atoms with Crippen LogP contribution in [0.15, 0.2) is 30.5 Å². The highest BCUT2D eigenvalue weighted by atomic mass is 19.1. The zero-order valence-electron chi connectivity index (χ0n) is 15.9. The van der Waals surface area contributed by atoms with Crippen LogP contribution in [0.2, 0.25) is 0 Å². The lowest BCUT2D eigenvalue weighted by Gasteiger charge is -2.30. The Bertz CT molecular complexity index is 760. The number of hydrogen-bond donors (Lipinski definition) is 2. The Morgan fingerprint density at radius 2 is 2.15 bits per heavy atom. The topological polar surface area (TPSA) is 75.4 Å². The number of amides is 2. The zero-order valence-corrected chi connectivity index (χ0v) is 15.9. The van der Waals surface area contributed by atoms with E-state index in [1.165, 1.54) is 0 Å². The molecule has 5 nitrogen and oxygen atoms in total. The first kappa shape index (κ1) is 19.5. The largest absolute Gasteiger partial charge is 0.329 e. The van der Waals surface area contributed by atoms with Crippen LogP contribution in [0.5, 0.6) is 0 Å². The molecule has 0 aliphatic carbocycles. The van der Waals surface area contributed by atoms with Gasteiger partial charge in [-0.3, -0.25) is 9.59 Å². The summed E-state index contributed by atoms with van der Waals surface area (Å²) < 4.78 is 13.8. The molecule has 1 aromatic rings. The molecule has 2 aliphatic rings. The quantitative estimate of drug-likeness (QED) is 0.722. The minimum absolute atomic E-state index is 0.0475. The van der Waals surface area contributed by atoms with E-state index in [4.69, 9.17) is 5.73 Å². The Morgan fingerprint density at radius 1 is 1.37 bits per heavy atom. The lowest BCUT2D eigenvalue weighted by atomic mass is 9.97. The summed E-state index contributed by atoms with van der Waals surface area (Å²) in [5.41, 5.74) is 7.61. The number of carbonyl (C=O) groups is 2. The standard InChI is InChI=1S/C21H28FN3O2/c1-14-6-9-18(19(26)24-14)25-12-16-11-15(7-8-17(16)20(25)27)5-3-4-10-21(2,22)13-23/h7-8,11,18H,1,3-6,9-10,12-13,23H2,2H3,(H,24,26). The third-order valence-electron chi connectivity index (χ3n) is 5.54. The minimum Gasteiger partial charge on any atom is -0.329 e. The van der Waals surface area contributed by atoms with Crippen molar-refractivity contribution >= 4 is 11.8 Å². The summed E-state index contributed by atoms with van der Waals surface area (Å²) >= 11 is 0. The summed E-state index contributed by atoms with van der Waals surface area (Å²) in [5.74, 6) is -0.234. The monoisotopic (exact) mass is 373 g/mol. The molecule has 2 unspecified atom stereocenters. The van der Waals surface area contributed by atoms with Crippen molar-refractivity contribution in [1.82, 2.24) is 10.2 Å². The third kappa shape index (κ3) is 4.38. The summed E-state index contributed by atoms with van der Waals surface area (Å²) in [6.45, 7) is 5.84. The van der Waals surface area contributed by atoms with Crippen molar-refractivity contribution in [2.24, 2.45) is 5.73 Å². The third-order valence-corrected chi connectivity index (χ3v) is 5.54. The average Bonchev–Trinajstić information content (AvgIpc) is 2.95. The van der Waals surface area contributed by atoms with Crippen molar-refractivity contribution in [3.05, 3.63) is 47.2 Å². The Morgan fingerprint density at radius 3 is 2.85 bits per heavy atom. The van der Waals surface area contributed by atoms with E-state index in [9.17, 15) is 14.0 Å². The second kappa shape index (κ2) is 7.80. The fourth-order valence-corrected chi connectivity index (χ4v) is 3.79. The van der Waals surface area contributed by atoms with Gasteiger partial charge in [0.15, 0.2) is 0 Å². The Balaban J connectivity index is 1.60. The highest BCUT2D eigenvalue weighted by Gasteiger charge is 2.38. The van der Waals surface area contributed by atoms with Gasteiger partial charge in [0, 0.05) is 24.4 Å². The Labute approximate surface area is 159 Å². The number of carbonyl (C=O) groups excluding carboxylic acids is 2. The number of halogens is 1. The van der Waals surface area contributed by atoms with Crippen molar-refractivity contribution in [3.8, 4) is 0 Å². The van der Waals surface area contributed by atoms with Crippen molar-refractivity contribution in [2.75, 3.05) is 6.54 Å². The fourth-order valence-electron chi connectivity index (χ4n) is 3.79. The molecule has 3 rings (SSSR count). The number of hydrogen-bond acceptors (Lipinski definition) is 3. The molecule has 0 radical (unpaired) electrons. The molecule has 6 heteroatoms. The van der Waals surface area contributed by atoms with Crippen LogP contribution in [0.3, 0.4) is 0 Å². The lowest BCUT2D eigenvalue weighted by molar-refractivity contribution is -0.126. The van der Waals surface area contributed by atoms with Gasteiger partial charge in [-0.1, -0.05) is 18.7 Å². The number of benzene rings is 1. The number of allylic oxidation sites excluding steroid dienone is 1. The summed E-state index contributed by atoms with van der Waals surface area (Å²) in [4.78, 5) is 26.6. The van der Waals surface area contributed by atoms with Gasteiger partial charge in [-0.2, -0.15) is 0 Å². The van der Waals surface area contributed by atoms with Gasteiger partial charge < -0.3 is 16.0 Å². The van der Waals surface area contributed by atoms with E-state index in [0.29, 0.717) is 37.1 Å². The van der Waals surface area contributed by atoms with Crippen LogP contribution < -0.4 is 11.1 Å². The zero-order chi connectivity index (χ0) is 19.6. The Hall–Kier alpha value is -2.21. The lowest BCUT2D eigenvalue weighted by Crippen LogP contribution is -2.49. The SMILES string of the molecule is C=C1CCC(N2Cc3cc(CCCCC(C)(F)CN)ccc3C2=O)C(=O)N1. The van der Waals surface area contributed by atoms with Gasteiger partial charge in [-0.25, -0.2) is 4.39 Å². The van der Waals surface area contributed by atoms with E-state index in [-0.39, 0.29) is 18.4 Å². The van der Waals surface area contributed by atoms with Crippen molar-refractivity contribution in [1.29, 1.82) is 0 Å². The molecule has 2 atom stereocenters. The minimum atomic E-state index is -1.29. The van der Waals surface area contributed by atoms with E-state index in [2.05, 4.69) is 11.9 Å². The Kier molecular flexibility index (Phi) is 5.65. The van der Waals surface area contributed by atoms with Crippen LogP contribution in [-0.4, -0.2) is 35.0 Å². The normalized spacial score (nSPS) is 21.8. The number of piperidine rings is 1. The summed E-state index contributed by atoms with van der Waals surface area (Å²) in [6.07, 6.45) is 4.26. The van der Waals surface area contributed by atoms with Crippen molar-refractivity contribution < 1.29 is 14.0 Å². The molecule has 0 saturated carbocycles. The van der Waals surface area contributed by atoms with Crippen LogP contribution in [-0.2, 0) is 17.8 Å². The van der Waals surface area contributed by atoms with E-state index in [0.717, 1.165) is 30.4 Å². The highest BCUT2D eigenvalue weighted by molar-refractivity contribution is 6.01. The molecule has 27 heavy (non-hydrogen) atoms. The van der Waals surface area contributed by atoms with Gasteiger partial charge in [0.05, 0.1) is 0 Å². The van der Waals surface area contributed by atoms with Gasteiger partial charge in [0.1, 0.15) is 11.7 Å². The smallest absolute Gasteiger partial charge is 0.255 e. The van der Waals surface area contributed by atoms with Crippen molar-refractivity contribution in [2.45, 2.75) is 63.7 Å². The van der Waals surface area contributed by atoms with Gasteiger partial charge in [-0.15, -0.1) is 0 Å². The first-order valence-corrected chi connectivity index (χ1v) is 9.61. The van der Waals surface area contributed by atoms with Crippen LogP contribution in [0, 0.1) is 0 Å². The summed E-state index contributed by atoms with van der Waals surface area (Å²) in [5, 5.41) is 2.75. The van der Waals surface area contributed by atoms with Gasteiger partial charge >= 0.3 is 0 Å². The summed E-state index contributed by atoms with van der Waals surface area (Å²) in [6, 6.07) is 5.43. The maximum atomic E-state index is 13.8. The number of unbranched alkanes of at least 4 members (excludes halogenated alkanes) is 1. The second-order valence-corrected chi connectivity index (χ2v) is 7.90. The van der Waals surface area contributed by atoms with Crippen molar-refractivity contribution in [3.63, 3.8) is 0 Å². The van der Waals surface area contributed by atoms with Crippen LogP contribution in [0.4, 0.5) is 4.39 Å². The first-order valence-electron chi connectivity index (χ1n) is 9.61. The molecule has 2 aliphatic heterocycles.